The fourth-order valence-corrected chi connectivity index (χ4v) is 2.54. The van der Waals surface area contributed by atoms with Crippen molar-refractivity contribution in [2.24, 2.45) is 0 Å². The van der Waals surface area contributed by atoms with Crippen LogP contribution in [0.2, 0.25) is 0 Å². The van der Waals surface area contributed by atoms with Crippen LogP contribution in [0.3, 0.4) is 0 Å². The number of hydrogen-bond acceptors (Lipinski definition) is 1. The maximum atomic E-state index is 12.2. The number of aromatic amines is 1. The monoisotopic (exact) mass is 278 g/mol. The smallest absolute Gasteiger partial charge is 0.228 e. The first-order valence-electron chi connectivity index (χ1n) is 7.20. The van der Waals surface area contributed by atoms with E-state index < -0.39 is 0 Å². The van der Waals surface area contributed by atoms with Gasteiger partial charge in [0.25, 0.3) is 0 Å². The predicted molar refractivity (Wildman–Crippen MR) is 86.5 cm³/mol. The fraction of sp³-hybridized carbons (Fsp3) is 0.167. The van der Waals surface area contributed by atoms with Gasteiger partial charge in [0, 0.05) is 17.4 Å². The number of aromatic nitrogens is 1. The number of amides is 1. The molecule has 0 fully saturated rings. The van der Waals surface area contributed by atoms with Gasteiger partial charge in [-0.3, -0.25) is 4.79 Å². The van der Waals surface area contributed by atoms with Crippen molar-refractivity contribution in [3.63, 3.8) is 0 Å². The Kier molecular flexibility index (Phi) is 3.73. The highest BCUT2D eigenvalue weighted by Gasteiger charge is 2.07. The molecule has 0 aliphatic rings. The summed E-state index contributed by atoms with van der Waals surface area (Å²) in [6.45, 7) is 2.09. The molecule has 3 aromatic rings. The molecule has 1 amide bonds. The molecule has 21 heavy (non-hydrogen) atoms. The van der Waals surface area contributed by atoms with E-state index >= 15 is 0 Å². The maximum Gasteiger partial charge on any atom is 0.228 e. The lowest BCUT2D eigenvalue weighted by molar-refractivity contribution is -0.115. The lowest BCUT2D eigenvalue weighted by Crippen LogP contribution is -2.15. The summed E-state index contributed by atoms with van der Waals surface area (Å²) in [6.07, 6.45) is 3.21. The largest absolute Gasteiger partial charge is 0.361 e. The molecule has 0 aliphatic heterocycles. The molecule has 2 N–H and O–H groups in total. The zero-order valence-corrected chi connectivity index (χ0v) is 12.0. The average molecular weight is 278 g/mol. The zero-order valence-electron chi connectivity index (χ0n) is 12.0. The number of nitrogens with one attached hydrogen (secondary N) is 2. The molecule has 0 unspecified atom stereocenters. The molecule has 0 radical (unpaired) electrons. The summed E-state index contributed by atoms with van der Waals surface area (Å²) in [5.41, 5.74) is 4.18. The minimum atomic E-state index is 0.0192. The number of rotatable bonds is 4. The normalized spacial score (nSPS) is 10.7. The Morgan fingerprint density at radius 3 is 2.86 bits per heavy atom. The molecular formula is C18H18N2O. The number of carbonyl (C=O) groups excluding carboxylic acids is 1. The van der Waals surface area contributed by atoms with Crippen LogP contribution >= 0.6 is 0 Å². The molecule has 0 saturated heterocycles. The highest BCUT2D eigenvalue weighted by molar-refractivity contribution is 5.93. The van der Waals surface area contributed by atoms with Gasteiger partial charge in [-0.2, -0.15) is 0 Å². The van der Waals surface area contributed by atoms with E-state index in [1.54, 1.807) is 0 Å². The number of para-hydroxylation sites is 1. The van der Waals surface area contributed by atoms with Crippen molar-refractivity contribution in [2.75, 3.05) is 5.32 Å². The quantitative estimate of drug-likeness (QED) is 0.746. The first-order chi connectivity index (χ1) is 10.3. The molecule has 0 aliphatic carbocycles. The molecule has 1 aromatic heterocycles. The van der Waals surface area contributed by atoms with E-state index in [4.69, 9.17) is 0 Å². The summed E-state index contributed by atoms with van der Waals surface area (Å²) in [4.78, 5) is 15.4. The first kappa shape index (κ1) is 13.4. The average Bonchev–Trinajstić information content (AvgIpc) is 2.95. The van der Waals surface area contributed by atoms with Crippen molar-refractivity contribution in [1.82, 2.24) is 4.98 Å². The Labute approximate surface area is 124 Å². The molecule has 3 nitrogen and oxygen atoms in total. The van der Waals surface area contributed by atoms with E-state index in [-0.39, 0.29) is 5.91 Å². The summed E-state index contributed by atoms with van der Waals surface area (Å²) in [5.74, 6) is 0.0192. The Balaban J connectivity index is 1.73. The lowest BCUT2D eigenvalue weighted by atomic mass is 10.1. The third kappa shape index (κ3) is 2.97. The standard InChI is InChI=1S/C18H18N2O/c1-2-14-5-3-4-6-17(14)20-18(21)12-13-7-8-16-15(11-13)9-10-19-16/h3-11,19H,2,12H2,1H3,(H,20,21). The molecule has 0 atom stereocenters. The SMILES string of the molecule is CCc1ccccc1NC(=O)Cc1ccc2[nH]ccc2c1. The van der Waals surface area contributed by atoms with Gasteiger partial charge in [0.2, 0.25) is 5.91 Å². The fourth-order valence-electron chi connectivity index (χ4n) is 2.54. The summed E-state index contributed by atoms with van der Waals surface area (Å²) >= 11 is 0. The van der Waals surface area contributed by atoms with Gasteiger partial charge in [-0.25, -0.2) is 0 Å². The number of hydrogen-bond donors (Lipinski definition) is 2. The number of carbonyl (C=O) groups is 1. The molecule has 2 aromatic carbocycles. The van der Waals surface area contributed by atoms with E-state index in [9.17, 15) is 4.79 Å². The topological polar surface area (TPSA) is 44.9 Å². The van der Waals surface area contributed by atoms with Crippen molar-refractivity contribution in [2.45, 2.75) is 19.8 Å². The van der Waals surface area contributed by atoms with Crippen LogP contribution in [0.4, 0.5) is 5.69 Å². The van der Waals surface area contributed by atoms with Crippen LogP contribution in [-0.2, 0) is 17.6 Å². The van der Waals surface area contributed by atoms with Crippen LogP contribution in [0.15, 0.2) is 54.7 Å². The van der Waals surface area contributed by atoms with Crippen LogP contribution < -0.4 is 5.32 Å². The molecule has 0 saturated carbocycles. The second-order valence-electron chi connectivity index (χ2n) is 5.13. The van der Waals surface area contributed by atoms with Crippen LogP contribution in [0, 0.1) is 0 Å². The Morgan fingerprint density at radius 1 is 1.14 bits per heavy atom. The van der Waals surface area contributed by atoms with Gasteiger partial charge < -0.3 is 10.3 Å². The second kappa shape index (κ2) is 5.83. The van der Waals surface area contributed by atoms with Crippen LogP contribution in [0.5, 0.6) is 0 Å². The second-order valence-corrected chi connectivity index (χ2v) is 5.13. The maximum absolute atomic E-state index is 12.2. The van der Waals surface area contributed by atoms with Crippen molar-refractivity contribution >= 4 is 22.5 Å². The molecule has 0 spiro atoms. The van der Waals surface area contributed by atoms with Crippen molar-refractivity contribution in [1.29, 1.82) is 0 Å². The minimum absolute atomic E-state index is 0.0192. The van der Waals surface area contributed by atoms with E-state index in [0.717, 1.165) is 34.1 Å². The van der Waals surface area contributed by atoms with Gasteiger partial charge in [-0.05, 0) is 47.2 Å². The van der Waals surface area contributed by atoms with E-state index in [2.05, 4.69) is 23.3 Å². The predicted octanol–water partition coefficient (Wildman–Crippen LogP) is 3.91. The van der Waals surface area contributed by atoms with E-state index in [1.165, 1.54) is 0 Å². The number of aryl methyl sites for hydroxylation is 1. The number of H-pyrrole nitrogens is 1. The van der Waals surface area contributed by atoms with Crippen LogP contribution in [-0.4, -0.2) is 10.9 Å². The Bertz CT molecular complexity index is 773. The Morgan fingerprint density at radius 2 is 2.00 bits per heavy atom. The van der Waals surface area contributed by atoms with Gasteiger partial charge in [0.1, 0.15) is 0 Å². The van der Waals surface area contributed by atoms with Crippen LogP contribution in [0.25, 0.3) is 10.9 Å². The lowest BCUT2D eigenvalue weighted by Gasteiger charge is -2.09. The van der Waals surface area contributed by atoms with Crippen molar-refractivity contribution < 1.29 is 4.79 Å². The first-order valence-corrected chi connectivity index (χ1v) is 7.20. The molecule has 3 heteroatoms. The van der Waals surface area contributed by atoms with Gasteiger partial charge >= 0.3 is 0 Å². The van der Waals surface area contributed by atoms with Gasteiger partial charge in [0.05, 0.1) is 6.42 Å². The Hall–Kier alpha value is -2.55. The third-order valence-electron chi connectivity index (χ3n) is 3.65. The number of anilines is 1. The third-order valence-corrected chi connectivity index (χ3v) is 3.65. The van der Waals surface area contributed by atoms with Crippen molar-refractivity contribution in [3.8, 4) is 0 Å². The van der Waals surface area contributed by atoms with E-state index in [1.807, 2.05) is 48.7 Å². The number of fused-ring (bicyclic) bond motifs is 1. The zero-order chi connectivity index (χ0) is 14.7. The summed E-state index contributed by atoms with van der Waals surface area (Å²) < 4.78 is 0. The van der Waals surface area contributed by atoms with Gasteiger partial charge in [-0.15, -0.1) is 0 Å². The molecule has 3 rings (SSSR count). The summed E-state index contributed by atoms with van der Waals surface area (Å²) in [5, 5.41) is 4.14. The molecule has 0 bridgehead atoms. The molecular weight excluding hydrogens is 260 g/mol. The van der Waals surface area contributed by atoms with E-state index in [0.29, 0.717) is 6.42 Å². The highest BCUT2D eigenvalue weighted by atomic mass is 16.1. The molecule has 1 heterocycles. The van der Waals surface area contributed by atoms with Gasteiger partial charge in [0.15, 0.2) is 0 Å². The van der Waals surface area contributed by atoms with Crippen LogP contribution in [0.1, 0.15) is 18.1 Å². The number of benzene rings is 2. The van der Waals surface area contributed by atoms with Gasteiger partial charge in [-0.1, -0.05) is 31.2 Å². The highest BCUT2D eigenvalue weighted by Crippen LogP contribution is 2.17. The summed E-state index contributed by atoms with van der Waals surface area (Å²) in [6, 6.07) is 16.0. The van der Waals surface area contributed by atoms with Crippen molar-refractivity contribution in [3.05, 3.63) is 65.9 Å². The molecule has 106 valence electrons. The minimum Gasteiger partial charge on any atom is -0.361 e. The summed E-state index contributed by atoms with van der Waals surface area (Å²) in [7, 11) is 0.